The second-order valence-electron chi connectivity index (χ2n) is 1.54. The molecule has 0 bridgehead atoms. The minimum Gasteiger partial charge on any atom is -0.383 e. The van der Waals surface area contributed by atoms with Crippen molar-refractivity contribution < 1.29 is 9.90 Å². The average Bonchev–Trinajstić information content (AvgIpc) is 1.84. The first-order valence-electron chi connectivity index (χ1n) is 2.62. The lowest BCUT2D eigenvalue weighted by atomic mass is 10.3. The number of hydrogen-bond acceptors (Lipinski definition) is 2. The van der Waals surface area contributed by atoms with Gasteiger partial charge in [-0.1, -0.05) is 6.92 Å². The van der Waals surface area contributed by atoms with Gasteiger partial charge in [0.25, 0.3) is 0 Å². The molecule has 0 heterocycles. The average molecular weight is 117 g/mol. The van der Waals surface area contributed by atoms with Crippen molar-refractivity contribution in [1.29, 1.82) is 0 Å². The van der Waals surface area contributed by atoms with Gasteiger partial charge in [-0.2, -0.15) is 0 Å². The van der Waals surface area contributed by atoms with E-state index in [-0.39, 0.29) is 5.91 Å². The van der Waals surface area contributed by atoms with Crippen molar-refractivity contribution in [1.82, 2.24) is 5.32 Å². The van der Waals surface area contributed by atoms with E-state index in [9.17, 15) is 4.79 Å². The van der Waals surface area contributed by atoms with Crippen LogP contribution in [0.2, 0.25) is 0 Å². The lowest BCUT2D eigenvalue weighted by molar-refractivity contribution is -0.128. The largest absolute Gasteiger partial charge is 0.383 e. The van der Waals surface area contributed by atoms with Crippen LogP contribution in [0.15, 0.2) is 0 Å². The Balaban J connectivity index is 3.46. The normalized spacial score (nSPS) is 12.9. The molecule has 0 aliphatic carbocycles. The Bertz CT molecular complexity index is 82.5. The molecule has 3 heteroatoms. The SMILES string of the molecule is CCC(O)C(=O)NC. The van der Waals surface area contributed by atoms with Crippen LogP contribution in [0, 0.1) is 0 Å². The van der Waals surface area contributed by atoms with Gasteiger partial charge in [-0.05, 0) is 6.42 Å². The van der Waals surface area contributed by atoms with Gasteiger partial charge >= 0.3 is 0 Å². The number of carbonyl (C=O) groups excluding carboxylic acids is 1. The number of hydrogen-bond donors (Lipinski definition) is 2. The highest BCUT2D eigenvalue weighted by Gasteiger charge is 2.07. The van der Waals surface area contributed by atoms with Crippen molar-refractivity contribution in [3.63, 3.8) is 0 Å². The Kier molecular flexibility index (Phi) is 3.19. The summed E-state index contributed by atoms with van der Waals surface area (Å²) in [5.74, 6) is -0.312. The molecule has 0 aliphatic heterocycles. The van der Waals surface area contributed by atoms with E-state index < -0.39 is 6.10 Å². The van der Waals surface area contributed by atoms with Gasteiger partial charge < -0.3 is 10.4 Å². The number of nitrogens with one attached hydrogen (secondary N) is 1. The summed E-state index contributed by atoms with van der Waals surface area (Å²) in [5.41, 5.74) is 0. The van der Waals surface area contributed by atoms with Gasteiger partial charge in [0, 0.05) is 7.05 Å². The molecule has 1 atom stereocenters. The number of carbonyl (C=O) groups is 1. The van der Waals surface area contributed by atoms with E-state index in [4.69, 9.17) is 5.11 Å². The summed E-state index contributed by atoms with van der Waals surface area (Å²) < 4.78 is 0. The molecule has 0 radical (unpaired) electrons. The molecular weight excluding hydrogens is 106 g/mol. The summed E-state index contributed by atoms with van der Waals surface area (Å²) in [6, 6.07) is 0. The van der Waals surface area contributed by atoms with Crippen LogP contribution in [-0.4, -0.2) is 24.2 Å². The van der Waals surface area contributed by atoms with Gasteiger partial charge in [0.2, 0.25) is 5.91 Å². The molecule has 3 nitrogen and oxygen atoms in total. The van der Waals surface area contributed by atoms with E-state index in [1.807, 2.05) is 0 Å². The number of aliphatic hydroxyl groups excluding tert-OH is 1. The zero-order chi connectivity index (χ0) is 6.57. The van der Waals surface area contributed by atoms with Crippen LogP contribution in [0.3, 0.4) is 0 Å². The lowest BCUT2D eigenvalue weighted by Gasteiger charge is -2.02. The van der Waals surface area contributed by atoms with Crippen molar-refractivity contribution in [2.45, 2.75) is 19.4 Å². The molecule has 0 aromatic rings. The molecule has 2 N–H and O–H groups in total. The zero-order valence-corrected chi connectivity index (χ0v) is 5.14. The highest BCUT2D eigenvalue weighted by atomic mass is 16.3. The van der Waals surface area contributed by atoms with E-state index >= 15 is 0 Å². The number of rotatable bonds is 2. The van der Waals surface area contributed by atoms with Gasteiger partial charge in [-0.3, -0.25) is 4.79 Å². The highest BCUT2D eigenvalue weighted by molar-refractivity contribution is 5.79. The maximum Gasteiger partial charge on any atom is 0.248 e. The first kappa shape index (κ1) is 7.43. The predicted molar refractivity (Wildman–Crippen MR) is 30.4 cm³/mol. The summed E-state index contributed by atoms with van der Waals surface area (Å²) in [7, 11) is 1.50. The summed E-state index contributed by atoms with van der Waals surface area (Å²) >= 11 is 0. The summed E-state index contributed by atoms with van der Waals surface area (Å²) in [6.45, 7) is 1.75. The molecule has 0 aliphatic rings. The maximum atomic E-state index is 10.4. The minimum atomic E-state index is -0.833. The van der Waals surface area contributed by atoms with Crippen molar-refractivity contribution in [3.05, 3.63) is 0 Å². The molecule has 0 saturated carbocycles. The number of likely N-dealkylation sites (N-methyl/N-ethyl adjacent to an activating group) is 1. The molecule has 0 fully saturated rings. The van der Waals surface area contributed by atoms with Crippen LogP contribution in [0.4, 0.5) is 0 Å². The van der Waals surface area contributed by atoms with Crippen molar-refractivity contribution in [3.8, 4) is 0 Å². The molecule has 0 spiro atoms. The Morgan fingerprint density at radius 2 is 2.38 bits per heavy atom. The summed E-state index contributed by atoms with van der Waals surface area (Å²) in [5, 5.41) is 11.0. The Morgan fingerprint density at radius 3 is 2.50 bits per heavy atom. The quantitative estimate of drug-likeness (QED) is 0.512. The highest BCUT2D eigenvalue weighted by Crippen LogP contribution is 1.86. The summed E-state index contributed by atoms with van der Waals surface area (Å²) in [4.78, 5) is 10.4. The minimum absolute atomic E-state index is 0.312. The maximum absolute atomic E-state index is 10.4. The van der Waals surface area contributed by atoms with Crippen LogP contribution in [-0.2, 0) is 4.79 Å². The lowest BCUT2D eigenvalue weighted by Crippen LogP contribution is -2.30. The van der Waals surface area contributed by atoms with Crippen molar-refractivity contribution >= 4 is 5.91 Å². The standard InChI is InChI=1S/C5H11NO2/c1-3-4(7)5(8)6-2/h4,7H,3H2,1-2H3,(H,6,8). The molecule has 1 amide bonds. The van der Waals surface area contributed by atoms with E-state index in [1.54, 1.807) is 6.92 Å². The Labute approximate surface area is 48.7 Å². The second-order valence-corrected chi connectivity index (χ2v) is 1.54. The zero-order valence-electron chi connectivity index (χ0n) is 5.14. The van der Waals surface area contributed by atoms with E-state index in [0.717, 1.165) is 0 Å². The third-order valence-corrected chi connectivity index (χ3v) is 0.936. The third kappa shape index (κ3) is 1.93. The smallest absolute Gasteiger partial charge is 0.248 e. The molecule has 48 valence electrons. The Hall–Kier alpha value is -0.570. The molecule has 0 rings (SSSR count). The molecular formula is C5H11NO2. The van der Waals surface area contributed by atoms with E-state index in [1.165, 1.54) is 7.05 Å². The monoisotopic (exact) mass is 117 g/mol. The Morgan fingerprint density at radius 1 is 1.88 bits per heavy atom. The fourth-order valence-corrected chi connectivity index (χ4v) is 0.352. The third-order valence-electron chi connectivity index (χ3n) is 0.936. The van der Waals surface area contributed by atoms with Gasteiger partial charge in [-0.15, -0.1) is 0 Å². The number of amides is 1. The fourth-order valence-electron chi connectivity index (χ4n) is 0.352. The van der Waals surface area contributed by atoms with Crippen LogP contribution in [0.5, 0.6) is 0 Å². The van der Waals surface area contributed by atoms with E-state index in [2.05, 4.69) is 5.32 Å². The molecule has 0 aromatic carbocycles. The fraction of sp³-hybridized carbons (Fsp3) is 0.800. The van der Waals surface area contributed by atoms with Gasteiger partial charge in [0.15, 0.2) is 0 Å². The van der Waals surface area contributed by atoms with Gasteiger partial charge in [0.05, 0.1) is 0 Å². The van der Waals surface area contributed by atoms with Gasteiger partial charge in [0.1, 0.15) is 6.10 Å². The summed E-state index contributed by atoms with van der Waals surface area (Å²) in [6.07, 6.45) is -0.361. The first-order chi connectivity index (χ1) is 3.72. The topological polar surface area (TPSA) is 49.3 Å². The predicted octanol–water partition coefficient (Wildman–Crippen LogP) is -0.497. The molecule has 8 heavy (non-hydrogen) atoms. The van der Waals surface area contributed by atoms with Crippen LogP contribution in [0.1, 0.15) is 13.3 Å². The van der Waals surface area contributed by atoms with E-state index in [0.29, 0.717) is 6.42 Å². The molecule has 0 aromatic heterocycles. The van der Waals surface area contributed by atoms with Crippen LogP contribution < -0.4 is 5.32 Å². The number of aliphatic hydroxyl groups is 1. The van der Waals surface area contributed by atoms with Gasteiger partial charge in [-0.25, -0.2) is 0 Å². The van der Waals surface area contributed by atoms with Crippen molar-refractivity contribution in [2.75, 3.05) is 7.05 Å². The molecule has 1 unspecified atom stereocenters. The van der Waals surface area contributed by atoms with Crippen LogP contribution >= 0.6 is 0 Å². The molecule has 0 saturated heterocycles. The second kappa shape index (κ2) is 3.43. The van der Waals surface area contributed by atoms with Crippen LogP contribution in [0.25, 0.3) is 0 Å². The first-order valence-corrected chi connectivity index (χ1v) is 2.62. The van der Waals surface area contributed by atoms with Crippen molar-refractivity contribution in [2.24, 2.45) is 0 Å².